The summed E-state index contributed by atoms with van der Waals surface area (Å²) in [5.74, 6) is -0.119. The van der Waals surface area contributed by atoms with E-state index in [1.165, 1.54) is 19.1 Å². The van der Waals surface area contributed by atoms with E-state index in [-0.39, 0.29) is 15.7 Å². The van der Waals surface area contributed by atoms with Gasteiger partial charge in [0.15, 0.2) is 11.9 Å². The Labute approximate surface area is 112 Å². The van der Waals surface area contributed by atoms with Gasteiger partial charge in [-0.1, -0.05) is 27.5 Å². The Balaban J connectivity index is 3.43. The van der Waals surface area contributed by atoms with E-state index >= 15 is 0 Å². The Morgan fingerprint density at radius 2 is 2.18 bits per heavy atom. The quantitative estimate of drug-likeness (QED) is 0.912. The summed E-state index contributed by atoms with van der Waals surface area (Å²) >= 11 is 8.96. The van der Waals surface area contributed by atoms with Crippen LogP contribution in [0.3, 0.4) is 0 Å². The van der Waals surface area contributed by atoms with Crippen LogP contribution in [0.4, 0.5) is 0 Å². The molecule has 0 saturated carbocycles. The van der Waals surface area contributed by atoms with E-state index < -0.39 is 16.1 Å². The number of benzene rings is 1. The minimum absolute atomic E-state index is 0.0606. The third-order valence-electron chi connectivity index (χ3n) is 1.76. The molecular formula is C9H8BrClN2O3S. The van der Waals surface area contributed by atoms with Crippen LogP contribution in [-0.2, 0) is 10.0 Å². The van der Waals surface area contributed by atoms with Gasteiger partial charge in [-0.15, -0.1) is 0 Å². The molecule has 0 fully saturated rings. The van der Waals surface area contributed by atoms with Crippen LogP contribution in [0.5, 0.6) is 5.75 Å². The molecular weight excluding hydrogens is 332 g/mol. The summed E-state index contributed by atoms with van der Waals surface area (Å²) in [6.45, 7) is 1.46. The van der Waals surface area contributed by atoms with Gasteiger partial charge in [0.05, 0.1) is 5.02 Å². The average molecular weight is 340 g/mol. The summed E-state index contributed by atoms with van der Waals surface area (Å²) in [6, 6.07) is 4.52. The zero-order chi connectivity index (χ0) is 13.2. The Bertz CT molecular complexity index is 583. The van der Waals surface area contributed by atoms with Crippen LogP contribution in [0.25, 0.3) is 0 Å². The number of ether oxygens (including phenoxy) is 1. The minimum Gasteiger partial charge on any atom is -0.473 e. The van der Waals surface area contributed by atoms with Crippen LogP contribution in [-0.4, -0.2) is 14.5 Å². The highest BCUT2D eigenvalue weighted by atomic mass is 79.9. The molecule has 2 N–H and O–H groups in total. The van der Waals surface area contributed by atoms with Crippen molar-refractivity contribution in [3.63, 3.8) is 0 Å². The summed E-state index contributed by atoms with van der Waals surface area (Å²) in [4.78, 5) is -0.265. The fraction of sp³-hybridized carbons (Fsp3) is 0.222. The van der Waals surface area contributed by atoms with Crippen LogP contribution < -0.4 is 9.88 Å². The number of sulfonamides is 1. The van der Waals surface area contributed by atoms with Crippen LogP contribution in [0, 0.1) is 11.3 Å². The Kier molecular flexibility index (Phi) is 4.38. The molecule has 1 unspecified atom stereocenters. The van der Waals surface area contributed by atoms with Gasteiger partial charge in [-0.25, -0.2) is 13.6 Å². The molecule has 1 aromatic rings. The van der Waals surface area contributed by atoms with Crippen molar-refractivity contribution in [1.82, 2.24) is 0 Å². The molecule has 17 heavy (non-hydrogen) atoms. The number of rotatable bonds is 3. The van der Waals surface area contributed by atoms with Crippen molar-refractivity contribution in [3.05, 3.63) is 21.6 Å². The van der Waals surface area contributed by atoms with Crippen molar-refractivity contribution in [1.29, 1.82) is 5.26 Å². The molecule has 0 saturated heterocycles. The number of halogens is 2. The summed E-state index contributed by atoms with van der Waals surface area (Å²) in [5.41, 5.74) is 0. The van der Waals surface area contributed by atoms with Gasteiger partial charge < -0.3 is 4.74 Å². The molecule has 0 aliphatic heterocycles. The first-order valence-electron chi connectivity index (χ1n) is 4.34. The molecule has 0 spiro atoms. The largest absolute Gasteiger partial charge is 0.473 e. The van der Waals surface area contributed by atoms with Gasteiger partial charge in [-0.05, 0) is 19.1 Å². The molecule has 5 nitrogen and oxygen atoms in total. The molecule has 1 aromatic carbocycles. The van der Waals surface area contributed by atoms with Crippen molar-refractivity contribution < 1.29 is 13.2 Å². The maximum atomic E-state index is 11.4. The topological polar surface area (TPSA) is 93.2 Å². The van der Waals surface area contributed by atoms with Crippen molar-refractivity contribution >= 4 is 37.6 Å². The van der Waals surface area contributed by atoms with Crippen molar-refractivity contribution in [2.75, 3.05) is 0 Å². The molecule has 0 aromatic heterocycles. The van der Waals surface area contributed by atoms with E-state index in [1.807, 2.05) is 0 Å². The molecule has 1 rings (SSSR count). The lowest BCUT2D eigenvalue weighted by molar-refractivity contribution is 0.269. The lowest BCUT2D eigenvalue weighted by Crippen LogP contribution is -2.17. The van der Waals surface area contributed by atoms with Crippen LogP contribution in [0.15, 0.2) is 21.5 Å². The van der Waals surface area contributed by atoms with Crippen molar-refractivity contribution in [2.24, 2.45) is 5.14 Å². The molecule has 0 amide bonds. The highest BCUT2D eigenvalue weighted by Gasteiger charge is 2.21. The molecule has 0 heterocycles. The first kappa shape index (κ1) is 14.3. The van der Waals surface area contributed by atoms with Gasteiger partial charge in [0.25, 0.3) is 0 Å². The first-order valence-corrected chi connectivity index (χ1v) is 7.05. The van der Waals surface area contributed by atoms with Crippen LogP contribution in [0.1, 0.15) is 6.92 Å². The fourth-order valence-electron chi connectivity index (χ4n) is 1.07. The normalized spacial score (nSPS) is 12.9. The molecule has 0 aliphatic carbocycles. The second-order valence-electron chi connectivity index (χ2n) is 3.15. The van der Waals surface area contributed by atoms with Crippen molar-refractivity contribution in [2.45, 2.75) is 17.9 Å². The van der Waals surface area contributed by atoms with Gasteiger partial charge in [-0.2, -0.15) is 5.26 Å². The third kappa shape index (κ3) is 3.57. The lowest BCUT2D eigenvalue weighted by Gasteiger charge is -2.13. The maximum Gasteiger partial charge on any atom is 0.241 e. The second kappa shape index (κ2) is 5.23. The Morgan fingerprint density at radius 1 is 1.59 bits per heavy atom. The van der Waals surface area contributed by atoms with Gasteiger partial charge in [0.1, 0.15) is 11.0 Å². The molecule has 0 aliphatic rings. The second-order valence-corrected chi connectivity index (χ2v) is 6.00. The zero-order valence-corrected chi connectivity index (χ0v) is 11.8. The predicted octanol–water partition coefficient (Wildman–Crippen LogP) is 2.04. The smallest absolute Gasteiger partial charge is 0.241 e. The molecule has 8 heteroatoms. The van der Waals surface area contributed by atoms with Gasteiger partial charge >= 0.3 is 0 Å². The first-order chi connectivity index (χ1) is 7.75. The van der Waals surface area contributed by atoms with E-state index in [2.05, 4.69) is 15.9 Å². The number of hydrogen-bond acceptors (Lipinski definition) is 4. The van der Waals surface area contributed by atoms with E-state index in [0.29, 0.717) is 4.47 Å². The standard InChI is InChI=1S/C9H8BrClN2O3S/c1-5(4-12)16-9-7(11)2-6(10)3-8(9)17(13,14)15/h2-3,5H,1H3,(H2,13,14,15). The summed E-state index contributed by atoms with van der Waals surface area (Å²) in [5, 5.41) is 13.7. The minimum atomic E-state index is -3.98. The van der Waals surface area contributed by atoms with Crippen molar-refractivity contribution in [3.8, 4) is 11.8 Å². The number of primary sulfonamides is 1. The monoisotopic (exact) mass is 338 g/mol. The lowest BCUT2D eigenvalue weighted by atomic mass is 10.3. The molecule has 0 bridgehead atoms. The SMILES string of the molecule is CC(C#N)Oc1c(Cl)cc(Br)cc1S(N)(=O)=O. The number of nitrogens with zero attached hydrogens (tertiary/aromatic N) is 1. The van der Waals surface area contributed by atoms with Crippen LogP contribution in [0.2, 0.25) is 5.02 Å². The summed E-state index contributed by atoms with van der Waals surface area (Å²) in [6.07, 6.45) is -0.839. The number of nitriles is 1. The number of nitrogens with two attached hydrogens (primary N) is 1. The Hall–Kier alpha value is -0.810. The van der Waals surface area contributed by atoms with E-state index in [9.17, 15) is 8.42 Å². The summed E-state index contributed by atoms with van der Waals surface area (Å²) in [7, 11) is -3.98. The fourth-order valence-corrected chi connectivity index (χ4v) is 2.83. The van der Waals surface area contributed by atoms with Crippen LogP contribution >= 0.6 is 27.5 Å². The Morgan fingerprint density at radius 3 is 2.65 bits per heavy atom. The predicted molar refractivity (Wildman–Crippen MR) is 66.2 cm³/mol. The third-order valence-corrected chi connectivity index (χ3v) is 3.41. The summed E-state index contributed by atoms with van der Waals surface area (Å²) < 4.78 is 28.3. The van der Waals surface area contributed by atoms with E-state index in [0.717, 1.165) is 0 Å². The zero-order valence-electron chi connectivity index (χ0n) is 8.65. The molecule has 92 valence electrons. The highest BCUT2D eigenvalue weighted by molar-refractivity contribution is 9.10. The van der Waals surface area contributed by atoms with Gasteiger partial charge in [0, 0.05) is 4.47 Å². The molecule has 1 atom stereocenters. The highest BCUT2D eigenvalue weighted by Crippen LogP contribution is 2.35. The number of hydrogen-bond donors (Lipinski definition) is 1. The maximum absolute atomic E-state index is 11.4. The van der Waals surface area contributed by atoms with Gasteiger partial charge in [0.2, 0.25) is 10.0 Å². The van der Waals surface area contributed by atoms with Gasteiger partial charge in [-0.3, -0.25) is 0 Å². The van der Waals surface area contributed by atoms with E-state index in [1.54, 1.807) is 6.07 Å². The van der Waals surface area contributed by atoms with E-state index in [4.69, 9.17) is 26.7 Å². The molecule has 0 radical (unpaired) electrons. The average Bonchev–Trinajstić information content (AvgIpc) is 2.19.